The Morgan fingerprint density at radius 2 is 2.11 bits per heavy atom. The van der Waals surface area contributed by atoms with Gasteiger partial charge in [-0.15, -0.1) is 10.2 Å². The molecule has 0 radical (unpaired) electrons. The number of benzene rings is 1. The Morgan fingerprint density at radius 1 is 1.25 bits per heavy atom. The van der Waals surface area contributed by atoms with Crippen LogP contribution in [0.5, 0.6) is 0 Å². The highest BCUT2D eigenvalue weighted by Gasteiger charge is 2.16. The lowest BCUT2D eigenvalue weighted by Gasteiger charge is -2.10. The third kappa shape index (κ3) is 3.76. The number of aromatic nitrogens is 6. The van der Waals surface area contributed by atoms with Gasteiger partial charge in [0.05, 0.1) is 6.54 Å². The maximum Gasteiger partial charge on any atom is 0.211 e. The van der Waals surface area contributed by atoms with E-state index in [0.717, 1.165) is 10.7 Å². The van der Waals surface area contributed by atoms with Crippen LogP contribution >= 0.6 is 22.9 Å². The van der Waals surface area contributed by atoms with E-state index >= 15 is 0 Å². The molecule has 0 aliphatic heterocycles. The quantitative estimate of drug-likeness (QED) is 0.502. The largest absolute Gasteiger partial charge is 0.313 e. The second-order valence-electron chi connectivity index (χ2n) is 6.26. The lowest BCUT2D eigenvalue weighted by atomic mass is 10.2. The Labute approximate surface area is 169 Å². The fourth-order valence-corrected chi connectivity index (χ4v) is 3.83. The highest BCUT2D eigenvalue weighted by molar-refractivity contribution is 7.15. The van der Waals surface area contributed by atoms with Gasteiger partial charge in [0.2, 0.25) is 5.13 Å². The second-order valence-corrected chi connectivity index (χ2v) is 7.68. The van der Waals surface area contributed by atoms with Crippen LogP contribution in [0.3, 0.4) is 0 Å². The number of rotatable bonds is 6. The summed E-state index contributed by atoms with van der Waals surface area (Å²) in [6, 6.07) is 8.35. The van der Waals surface area contributed by atoms with Gasteiger partial charge < -0.3 is 5.32 Å². The molecule has 0 saturated heterocycles. The van der Waals surface area contributed by atoms with Gasteiger partial charge in [0.1, 0.15) is 16.9 Å². The predicted octanol–water partition coefficient (Wildman–Crippen LogP) is 4.43. The highest BCUT2D eigenvalue weighted by Crippen LogP contribution is 2.27. The molecule has 10 heteroatoms. The lowest BCUT2D eigenvalue weighted by Crippen LogP contribution is -2.09. The molecule has 0 unspecified atom stereocenters. The summed E-state index contributed by atoms with van der Waals surface area (Å²) in [7, 11) is 0. The molecule has 7 nitrogen and oxygen atoms in total. The Kier molecular flexibility index (Phi) is 5.10. The summed E-state index contributed by atoms with van der Waals surface area (Å²) in [6.07, 6.45) is 3.52. The molecule has 1 aromatic carbocycles. The summed E-state index contributed by atoms with van der Waals surface area (Å²) >= 11 is 7.52. The zero-order valence-corrected chi connectivity index (χ0v) is 16.7. The van der Waals surface area contributed by atoms with Crippen LogP contribution in [0, 0.1) is 12.7 Å². The van der Waals surface area contributed by atoms with Crippen molar-refractivity contribution < 1.29 is 4.39 Å². The van der Waals surface area contributed by atoms with Crippen LogP contribution in [-0.2, 0) is 6.54 Å². The predicted molar refractivity (Wildman–Crippen MR) is 107 cm³/mol. The normalized spacial score (nSPS) is 12.3. The van der Waals surface area contributed by atoms with E-state index in [0.29, 0.717) is 21.5 Å². The Bertz CT molecular complexity index is 1080. The molecule has 4 rings (SSSR count). The molecule has 0 bridgehead atoms. The standard InChI is InChI=1S/C18H17ClFN7S/c1-11-6-8-21-27(11)12(2)17-23-24-18(28-17)22-16-7-9-26(25-16)10-13-14(19)4-3-5-15(13)20/h3-9,12H,10H2,1-2H3,(H,22,24,25)/t12-/m1/s1. The van der Waals surface area contributed by atoms with E-state index < -0.39 is 0 Å². The molecule has 3 heterocycles. The molecule has 0 aliphatic rings. The van der Waals surface area contributed by atoms with Gasteiger partial charge in [0.25, 0.3) is 0 Å². The molecular formula is C18H17ClFN7S. The van der Waals surface area contributed by atoms with Gasteiger partial charge in [-0.05, 0) is 32.0 Å². The van der Waals surface area contributed by atoms with Crippen molar-refractivity contribution in [3.8, 4) is 0 Å². The maximum atomic E-state index is 13.9. The molecule has 4 aromatic rings. The van der Waals surface area contributed by atoms with Crippen LogP contribution in [0.2, 0.25) is 5.02 Å². The molecule has 0 saturated carbocycles. The minimum Gasteiger partial charge on any atom is -0.313 e. The lowest BCUT2D eigenvalue weighted by molar-refractivity contribution is 0.543. The third-order valence-electron chi connectivity index (χ3n) is 4.29. The van der Waals surface area contributed by atoms with Crippen LogP contribution in [0.4, 0.5) is 15.3 Å². The summed E-state index contributed by atoms with van der Waals surface area (Å²) in [5.41, 5.74) is 1.46. The van der Waals surface area contributed by atoms with E-state index in [4.69, 9.17) is 11.6 Å². The number of nitrogens with one attached hydrogen (secondary N) is 1. The van der Waals surface area contributed by atoms with Gasteiger partial charge in [-0.2, -0.15) is 10.2 Å². The molecule has 144 valence electrons. The smallest absolute Gasteiger partial charge is 0.211 e. The van der Waals surface area contributed by atoms with E-state index in [1.807, 2.05) is 24.6 Å². The molecule has 0 amide bonds. The van der Waals surface area contributed by atoms with Gasteiger partial charge >= 0.3 is 0 Å². The first-order chi connectivity index (χ1) is 13.5. The summed E-state index contributed by atoms with van der Waals surface area (Å²) in [4.78, 5) is 0. The maximum absolute atomic E-state index is 13.9. The first kappa shape index (κ1) is 18.6. The molecule has 0 aliphatic carbocycles. The summed E-state index contributed by atoms with van der Waals surface area (Å²) in [6.45, 7) is 4.26. The van der Waals surface area contributed by atoms with E-state index in [-0.39, 0.29) is 18.4 Å². The monoisotopic (exact) mass is 417 g/mol. The van der Waals surface area contributed by atoms with Gasteiger partial charge in [0, 0.05) is 34.7 Å². The summed E-state index contributed by atoms with van der Waals surface area (Å²) < 4.78 is 17.5. The average molecular weight is 418 g/mol. The van der Waals surface area contributed by atoms with Crippen LogP contribution < -0.4 is 5.32 Å². The number of anilines is 2. The van der Waals surface area contributed by atoms with Crippen molar-refractivity contribution in [2.75, 3.05) is 5.32 Å². The third-order valence-corrected chi connectivity index (χ3v) is 5.65. The zero-order chi connectivity index (χ0) is 19.7. The summed E-state index contributed by atoms with van der Waals surface area (Å²) in [5, 5.41) is 22.1. The first-order valence-corrected chi connectivity index (χ1v) is 9.77. The van der Waals surface area contributed by atoms with E-state index in [2.05, 4.69) is 25.7 Å². The number of hydrogen-bond acceptors (Lipinski definition) is 6. The minimum atomic E-state index is -0.353. The van der Waals surface area contributed by atoms with Crippen molar-refractivity contribution in [1.82, 2.24) is 29.8 Å². The van der Waals surface area contributed by atoms with Crippen LogP contribution in [0.1, 0.15) is 29.2 Å². The van der Waals surface area contributed by atoms with Crippen molar-refractivity contribution in [1.29, 1.82) is 0 Å². The Morgan fingerprint density at radius 3 is 2.86 bits per heavy atom. The number of halogens is 2. The minimum absolute atomic E-state index is 0.0104. The Hall–Kier alpha value is -2.78. The van der Waals surface area contributed by atoms with Crippen molar-refractivity contribution in [2.24, 2.45) is 0 Å². The van der Waals surface area contributed by atoms with Gasteiger partial charge in [-0.3, -0.25) is 9.36 Å². The summed E-state index contributed by atoms with van der Waals surface area (Å²) in [5.74, 6) is 0.243. The van der Waals surface area contributed by atoms with Gasteiger partial charge in [-0.25, -0.2) is 4.39 Å². The molecule has 28 heavy (non-hydrogen) atoms. The topological polar surface area (TPSA) is 73.5 Å². The van der Waals surface area contributed by atoms with Crippen LogP contribution in [0.25, 0.3) is 0 Å². The molecule has 1 atom stereocenters. The molecule has 1 N–H and O–H groups in total. The fourth-order valence-electron chi connectivity index (χ4n) is 2.82. The van der Waals surface area contributed by atoms with Crippen LogP contribution in [-0.4, -0.2) is 29.8 Å². The van der Waals surface area contributed by atoms with E-state index in [1.54, 1.807) is 35.3 Å². The molecule has 0 fully saturated rings. The van der Waals surface area contributed by atoms with Crippen molar-refractivity contribution in [3.63, 3.8) is 0 Å². The first-order valence-electron chi connectivity index (χ1n) is 8.58. The number of aryl methyl sites for hydroxylation is 1. The molecule has 0 spiro atoms. The second kappa shape index (κ2) is 7.69. The van der Waals surface area contributed by atoms with Crippen molar-refractivity contribution >= 4 is 33.9 Å². The van der Waals surface area contributed by atoms with E-state index in [9.17, 15) is 4.39 Å². The SMILES string of the molecule is Cc1ccnn1[C@H](C)c1nnc(Nc2ccn(Cc3c(F)cccc3Cl)n2)s1. The van der Waals surface area contributed by atoms with Crippen molar-refractivity contribution in [2.45, 2.75) is 26.4 Å². The van der Waals surface area contributed by atoms with Crippen molar-refractivity contribution in [3.05, 3.63) is 69.8 Å². The zero-order valence-electron chi connectivity index (χ0n) is 15.2. The highest BCUT2D eigenvalue weighted by atomic mass is 35.5. The molecule has 3 aromatic heterocycles. The van der Waals surface area contributed by atoms with E-state index in [1.165, 1.54) is 17.4 Å². The Balaban J connectivity index is 1.46. The fraction of sp³-hybridized carbons (Fsp3) is 0.222. The van der Waals surface area contributed by atoms with Crippen LogP contribution in [0.15, 0.2) is 42.7 Å². The van der Waals surface area contributed by atoms with Gasteiger partial charge in [-0.1, -0.05) is 29.0 Å². The average Bonchev–Trinajstić information content (AvgIpc) is 3.40. The number of nitrogens with zero attached hydrogens (tertiary/aromatic N) is 6. The van der Waals surface area contributed by atoms with Gasteiger partial charge in [0.15, 0.2) is 5.82 Å². The number of hydrogen-bond donors (Lipinski definition) is 1. The molecular weight excluding hydrogens is 401 g/mol.